The number of carbonyl (C=O) groups excluding carboxylic acids is 2. The molecule has 0 radical (unpaired) electrons. The largest absolute Gasteiger partial charge is 0.493 e. The zero-order valence-corrected chi connectivity index (χ0v) is 17.6. The molecule has 2 aromatic rings. The van der Waals surface area contributed by atoms with Crippen molar-refractivity contribution in [2.24, 2.45) is 0 Å². The molecule has 2 amide bonds. The van der Waals surface area contributed by atoms with Crippen molar-refractivity contribution in [1.82, 2.24) is 4.90 Å². The van der Waals surface area contributed by atoms with Crippen LogP contribution >= 0.6 is 0 Å². The molecule has 1 atom stereocenters. The molecule has 0 spiro atoms. The molecule has 0 bridgehead atoms. The highest BCUT2D eigenvalue weighted by molar-refractivity contribution is 6.22. The lowest BCUT2D eigenvalue weighted by Gasteiger charge is -2.32. The Morgan fingerprint density at radius 3 is 2.39 bits per heavy atom. The van der Waals surface area contributed by atoms with Gasteiger partial charge in [-0.15, -0.1) is 0 Å². The minimum absolute atomic E-state index is 0.0452. The molecule has 2 aromatic carbocycles. The first-order chi connectivity index (χ1) is 14.8. The number of imide groups is 1. The molecule has 9 nitrogen and oxygen atoms in total. The third-order valence-corrected chi connectivity index (χ3v) is 5.96. The number of rotatable bonds is 5. The number of non-ortho nitro benzene ring substituents is 1. The maximum atomic E-state index is 13.2. The van der Waals surface area contributed by atoms with E-state index in [-0.39, 0.29) is 29.6 Å². The fourth-order valence-corrected chi connectivity index (χ4v) is 4.28. The molecule has 2 aliphatic heterocycles. The summed E-state index contributed by atoms with van der Waals surface area (Å²) in [5.41, 5.74) is 2.90. The first-order valence-electron chi connectivity index (χ1n) is 9.93. The van der Waals surface area contributed by atoms with Crippen LogP contribution in [0.1, 0.15) is 23.1 Å². The second-order valence-electron chi connectivity index (χ2n) is 7.71. The lowest BCUT2D eigenvalue weighted by Crippen LogP contribution is -2.44. The first kappa shape index (κ1) is 20.8. The van der Waals surface area contributed by atoms with Gasteiger partial charge in [0, 0.05) is 25.2 Å². The van der Waals surface area contributed by atoms with E-state index in [9.17, 15) is 19.7 Å². The third kappa shape index (κ3) is 3.61. The summed E-state index contributed by atoms with van der Waals surface area (Å²) in [4.78, 5) is 39.7. The summed E-state index contributed by atoms with van der Waals surface area (Å²) in [7, 11) is 3.16. The van der Waals surface area contributed by atoms with E-state index in [4.69, 9.17) is 9.47 Å². The maximum absolute atomic E-state index is 13.2. The minimum Gasteiger partial charge on any atom is -0.493 e. The Morgan fingerprint density at radius 1 is 1.06 bits per heavy atom. The van der Waals surface area contributed by atoms with E-state index in [1.165, 1.54) is 12.1 Å². The first-order valence-corrected chi connectivity index (χ1v) is 9.93. The van der Waals surface area contributed by atoms with E-state index in [2.05, 4.69) is 0 Å². The molecule has 1 saturated heterocycles. The molecule has 2 aliphatic rings. The molecule has 2 heterocycles. The molecular formula is C22H23N3O6. The van der Waals surface area contributed by atoms with Gasteiger partial charge in [0.05, 0.1) is 37.3 Å². The number of benzene rings is 2. The van der Waals surface area contributed by atoms with E-state index in [0.717, 1.165) is 16.0 Å². The van der Waals surface area contributed by atoms with Crippen molar-refractivity contribution in [2.45, 2.75) is 32.4 Å². The van der Waals surface area contributed by atoms with Gasteiger partial charge in [0.2, 0.25) is 5.91 Å². The summed E-state index contributed by atoms with van der Waals surface area (Å²) in [5.74, 6) is 0.578. The highest BCUT2D eigenvalue weighted by Gasteiger charge is 2.44. The van der Waals surface area contributed by atoms with Crippen LogP contribution in [0, 0.1) is 17.0 Å². The van der Waals surface area contributed by atoms with E-state index in [1.807, 2.05) is 17.0 Å². The van der Waals surface area contributed by atoms with Crippen LogP contribution in [0.2, 0.25) is 0 Å². The molecule has 9 heteroatoms. The van der Waals surface area contributed by atoms with Gasteiger partial charge in [-0.05, 0) is 42.2 Å². The number of methoxy groups -OCH3 is 2. The van der Waals surface area contributed by atoms with Crippen molar-refractivity contribution in [3.05, 3.63) is 57.1 Å². The van der Waals surface area contributed by atoms with Crippen LogP contribution in [0.5, 0.6) is 11.5 Å². The van der Waals surface area contributed by atoms with E-state index in [0.29, 0.717) is 36.6 Å². The van der Waals surface area contributed by atoms with Crippen LogP contribution in [0.4, 0.5) is 11.4 Å². The standard InChI is InChI=1S/C22H23N3O6/c1-13-4-5-16(25(28)29)10-17(13)24-21(26)11-18(22(24)27)23-7-6-14-8-19(30-2)20(31-3)9-15(14)12-23/h4-5,8-10,18H,6-7,11-12H2,1-3H3. The molecule has 0 saturated carbocycles. The van der Waals surface area contributed by atoms with Gasteiger partial charge < -0.3 is 9.47 Å². The summed E-state index contributed by atoms with van der Waals surface area (Å²) in [6.07, 6.45) is 0.757. The number of aryl methyl sites for hydroxylation is 1. The number of ether oxygens (including phenoxy) is 2. The Labute approximate surface area is 179 Å². The van der Waals surface area contributed by atoms with Gasteiger partial charge in [0.25, 0.3) is 11.6 Å². The number of nitrogens with zero attached hydrogens (tertiary/aromatic N) is 3. The van der Waals surface area contributed by atoms with Crippen molar-refractivity contribution in [2.75, 3.05) is 25.7 Å². The highest BCUT2D eigenvalue weighted by Crippen LogP contribution is 2.36. The van der Waals surface area contributed by atoms with Crippen molar-refractivity contribution < 1.29 is 24.0 Å². The predicted molar refractivity (Wildman–Crippen MR) is 112 cm³/mol. The highest BCUT2D eigenvalue weighted by atomic mass is 16.6. The number of anilines is 1. The van der Waals surface area contributed by atoms with Gasteiger partial charge in [-0.25, -0.2) is 4.90 Å². The normalized spacial score (nSPS) is 18.8. The summed E-state index contributed by atoms with van der Waals surface area (Å²) >= 11 is 0. The van der Waals surface area contributed by atoms with Crippen LogP contribution in [0.25, 0.3) is 0 Å². The SMILES string of the molecule is COc1cc2c(cc1OC)CN(C1CC(=O)N(c3cc([N+](=O)[O-])ccc3C)C1=O)CC2. The van der Waals surface area contributed by atoms with E-state index in [1.54, 1.807) is 27.2 Å². The van der Waals surface area contributed by atoms with Gasteiger partial charge in [-0.2, -0.15) is 0 Å². The number of hydrogen-bond acceptors (Lipinski definition) is 7. The van der Waals surface area contributed by atoms with Crippen LogP contribution < -0.4 is 14.4 Å². The summed E-state index contributed by atoms with van der Waals surface area (Å²) in [5, 5.41) is 11.2. The quantitative estimate of drug-likeness (QED) is 0.412. The van der Waals surface area contributed by atoms with Gasteiger partial charge >= 0.3 is 0 Å². The molecule has 4 rings (SSSR count). The van der Waals surface area contributed by atoms with Crippen molar-refractivity contribution in [1.29, 1.82) is 0 Å². The second kappa shape index (κ2) is 7.99. The van der Waals surface area contributed by atoms with Crippen LogP contribution in [-0.4, -0.2) is 48.4 Å². The van der Waals surface area contributed by atoms with Crippen LogP contribution in [0.15, 0.2) is 30.3 Å². The fraction of sp³-hybridized carbons (Fsp3) is 0.364. The molecular weight excluding hydrogens is 402 g/mol. The maximum Gasteiger partial charge on any atom is 0.271 e. The zero-order chi connectivity index (χ0) is 22.3. The van der Waals surface area contributed by atoms with Gasteiger partial charge in [-0.3, -0.25) is 24.6 Å². The number of carbonyl (C=O) groups is 2. The second-order valence-corrected chi connectivity index (χ2v) is 7.71. The number of nitro groups is 1. The zero-order valence-electron chi connectivity index (χ0n) is 17.6. The molecule has 162 valence electrons. The molecule has 31 heavy (non-hydrogen) atoms. The summed E-state index contributed by atoms with van der Waals surface area (Å²) in [6.45, 7) is 2.85. The van der Waals surface area contributed by atoms with Crippen molar-refractivity contribution in [3.63, 3.8) is 0 Å². The Balaban J connectivity index is 1.61. The Hall–Kier alpha value is -3.46. The van der Waals surface area contributed by atoms with Gasteiger partial charge in [0.1, 0.15) is 0 Å². The fourth-order valence-electron chi connectivity index (χ4n) is 4.28. The smallest absolute Gasteiger partial charge is 0.271 e. The average Bonchev–Trinajstić information content (AvgIpc) is 3.06. The van der Waals surface area contributed by atoms with Gasteiger partial charge in [0.15, 0.2) is 11.5 Å². The Bertz CT molecular complexity index is 1080. The monoisotopic (exact) mass is 425 g/mol. The number of nitro benzene ring substituents is 1. The number of fused-ring (bicyclic) bond motifs is 1. The van der Waals surface area contributed by atoms with Crippen molar-refractivity contribution >= 4 is 23.2 Å². The topological polar surface area (TPSA) is 102 Å². The molecule has 1 unspecified atom stereocenters. The molecule has 0 aromatic heterocycles. The Kier molecular flexibility index (Phi) is 5.36. The van der Waals surface area contributed by atoms with Crippen molar-refractivity contribution in [3.8, 4) is 11.5 Å². The molecule has 0 N–H and O–H groups in total. The molecule has 1 fully saturated rings. The Morgan fingerprint density at radius 2 is 1.74 bits per heavy atom. The van der Waals surface area contributed by atoms with Crippen LogP contribution in [-0.2, 0) is 22.6 Å². The number of hydrogen-bond donors (Lipinski definition) is 0. The third-order valence-electron chi connectivity index (χ3n) is 5.96. The van der Waals surface area contributed by atoms with E-state index >= 15 is 0 Å². The summed E-state index contributed by atoms with van der Waals surface area (Å²) in [6, 6.07) is 7.46. The van der Waals surface area contributed by atoms with Crippen LogP contribution in [0.3, 0.4) is 0 Å². The predicted octanol–water partition coefficient (Wildman–Crippen LogP) is 2.61. The number of amides is 2. The average molecular weight is 425 g/mol. The molecule has 0 aliphatic carbocycles. The van der Waals surface area contributed by atoms with E-state index < -0.39 is 11.0 Å². The lowest BCUT2D eigenvalue weighted by atomic mass is 9.97. The lowest BCUT2D eigenvalue weighted by molar-refractivity contribution is -0.384. The summed E-state index contributed by atoms with van der Waals surface area (Å²) < 4.78 is 10.8. The van der Waals surface area contributed by atoms with Gasteiger partial charge in [-0.1, -0.05) is 6.07 Å². The minimum atomic E-state index is -0.604.